The molecule has 176 valence electrons. The number of carbonyl (C=O) groups is 1. The van der Waals surface area contributed by atoms with Crippen LogP contribution in [0.2, 0.25) is 0 Å². The lowest BCUT2D eigenvalue weighted by molar-refractivity contribution is -0.141. The van der Waals surface area contributed by atoms with Crippen molar-refractivity contribution in [2.24, 2.45) is 4.99 Å². The van der Waals surface area contributed by atoms with Crippen LogP contribution in [-0.2, 0) is 6.18 Å². The SMILES string of the molecule is C=N/C=C(\C=C(/C)c1ccc2[nH]nc(C(=O)Nc3ccnc(C(F)(F)F)c3)c2c1)CN1CCC1. The van der Waals surface area contributed by atoms with Crippen LogP contribution < -0.4 is 5.32 Å². The highest BCUT2D eigenvalue weighted by molar-refractivity contribution is 6.11. The number of allylic oxidation sites excluding steroid dienone is 1. The molecular weight excluding hydrogens is 445 g/mol. The summed E-state index contributed by atoms with van der Waals surface area (Å²) in [5.74, 6) is -0.626. The third-order valence-electron chi connectivity index (χ3n) is 5.56. The van der Waals surface area contributed by atoms with E-state index in [1.165, 1.54) is 12.5 Å². The fraction of sp³-hybridized carbons (Fsp3) is 0.250. The average Bonchev–Trinajstić information content (AvgIpc) is 3.19. The molecule has 1 aliphatic heterocycles. The minimum Gasteiger partial charge on any atom is -0.320 e. The molecule has 0 radical (unpaired) electrons. The Balaban J connectivity index is 1.59. The lowest BCUT2D eigenvalue weighted by Crippen LogP contribution is -2.38. The van der Waals surface area contributed by atoms with E-state index < -0.39 is 17.8 Å². The first-order valence-electron chi connectivity index (χ1n) is 10.6. The molecule has 1 aliphatic rings. The van der Waals surface area contributed by atoms with E-state index in [9.17, 15) is 18.0 Å². The van der Waals surface area contributed by atoms with Crippen LogP contribution in [0.25, 0.3) is 16.5 Å². The molecule has 7 nitrogen and oxygen atoms in total. The lowest BCUT2D eigenvalue weighted by Gasteiger charge is -2.30. The first-order chi connectivity index (χ1) is 16.2. The molecule has 3 heterocycles. The summed E-state index contributed by atoms with van der Waals surface area (Å²) in [5.41, 5.74) is 2.48. The van der Waals surface area contributed by atoms with Crippen LogP contribution in [0, 0.1) is 0 Å². The molecular formula is C24H23F3N6O. The number of likely N-dealkylation sites (tertiary alicyclic amines) is 1. The van der Waals surface area contributed by atoms with Crippen molar-refractivity contribution in [2.75, 3.05) is 25.0 Å². The van der Waals surface area contributed by atoms with Crippen LogP contribution in [0.4, 0.5) is 18.9 Å². The molecule has 1 amide bonds. The third kappa shape index (κ3) is 5.23. The van der Waals surface area contributed by atoms with Gasteiger partial charge in [0.1, 0.15) is 5.69 Å². The van der Waals surface area contributed by atoms with E-state index in [0.29, 0.717) is 10.9 Å². The van der Waals surface area contributed by atoms with Crippen molar-refractivity contribution in [1.29, 1.82) is 0 Å². The van der Waals surface area contributed by atoms with Gasteiger partial charge in [0.05, 0.1) is 5.52 Å². The second kappa shape index (κ2) is 9.60. The highest BCUT2D eigenvalue weighted by Crippen LogP contribution is 2.29. The highest BCUT2D eigenvalue weighted by Gasteiger charge is 2.32. The monoisotopic (exact) mass is 468 g/mol. The van der Waals surface area contributed by atoms with Gasteiger partial charge < -0.3 is 5.32 Å². The van der Waals surface area contributed by atoms with Crippen LogP contribution in [0.3, 0.4) is 0 Å². The van der Waals surface area contributed by atoms with E-state index in [4.69, 9.17) is 0 Å². The zero-order valence-electron chi connectivity index (χ0n) is 18.5. The number of fused-ring (bicyclic) bond motifs is 1. The molecule has 3 aromatic rings. The number of alkyl halides is 3. The number of carbonyl (C=O) groups excluding carboxylic acids is 1. The molecule has 10 heteroatoms. The number of anilines is 1. The summed E-state index contributed by atoms with van der Waals surface area (Å²) in [5, 5.41) is 9.90. The second-order valence-corrected chi connectivity index (χ2v) is 8.06. The van der Waals surface area contributed by atoms with Crippen molar-refractivity contribution >= 4 is 34.8 Å². The van der Waals surface area contributed by atoms with Gasteiger partial charge in [-0.3, -0.25) is 24.8 Å². The van der Waals surface area contributed by atoms with Crippen molar-refractivity contribution in [3.05, 3.63) is 71.3 Å². The number of pyridine rings is 1. The van der Waals surface area contributed by atoms with E-state index in [2.05, 4.69) is 37.1 Å². The zero-order valence-corrected chi connectivity index (χ0v) is 18.5. The Hall–Kier alpha value is -3.79. The number of nitrogens with zero attached hydrogens (tertiary/aromatic N) is 4. The van der Waals surface area contributed by atoms with Crippen molar-refractivity contribution in [3.8, 4) is 0 Å². The first-order valence-corrected chi connectivity index (χ1v) is 10.6. The topological polar surface area (TPSA) is 86.3 Å². The quantitative estimate of drug-likeness (QED) is 0.381. The number of halogens is 3. The Bertz CT molecular complexity index is 1290. The largest absolute Gasteiger partial charge is 0.433 e. The first kappa shape index (κ1) is 23.4. The van der Waals surface area contributed by atoms with E-state index in [1.54, 1.807) is 6.20 Å². The van der Waals surface area contributed by atoms with Gasteiger partial charge in [-0.1, -0.05) is 12.1 Å². The van der Waals surface area contributed by atoms with Gasteiger partial charge in [-0.05, 0) is 74.1 Å². The van der Waals surface area contributed by atoms with Crippen LogP contribution in [0.5, 0.6) is 0 Å². The number of hydrogen-bond donors (Lipinski definition) is 2. The number of H-pyrrole nitrogens is 1. The Kier molecular flexibility index (Phi) is 6.60. The van der Waals surface area contributed by atoms with Crippen LogP contribution in [0.1, 0.15) is 35.1 Å². The van der Waals surface area contributed by atoms with E-state index in [-0.39, 0.29) is 11.4 Å². The number of benzene rings is 1. The molecule has 0 unspecified atom stereocenters. The van der Waals surface area contributed by atoms with Gasteiger partial charge in [-0.2, -0.15) is 18.3 Å². The lowest BCUT2D eigenvalue weighted by atomic mass is 10.0. The molecule has 0 spiro atoms. The molecule has 0 atom stereocenters. The maximum atomic E-state index is 12.9. The van der Waals surface area contributed by atoms with Gasteiger partial charge in [0.25, 0.3) is 5.91 Å². The van der Waals surface area contributed by atoms with Crippen molar-refractivity contribution in [3.63, 3.8) is 0 Å². The third-order valence-corrected chi connectivity index (χ3v) is 5.56. The Morgan fingerprint density at radius 3 is 2.76 bits per heavy atom. The smallest absolute Gasteiger partial charge is 0.320 e. The minimum absolute atomic E-state index is 0.0200. The second-order valence-electron chi connectivity index (χ2n) is 8.06. The summed E-state index contributed by atoms with van der Waals surface area (Å²) < 4.78 is 38.8. The molecule has 0 bridgehead atoms. The van der Waals surface area contributed by atoms with Crippen LogP contribution in [-0.4, -0.2) is 52.3 Å². The molecule has 2 N–H and O–H groups in total. The van der Waals surface area contributed by atoms with Gasteiger partial charge >= 0.3 is 6.18 Å². The van der Waals surface area contributed by atoms with Gasteiger partial charge in [0.15, 0.2) is 5.69 Å². The standard InChI is InChI=1S/C24H23F3N6O/c1-15(10-16(13-28-2)14-33-8-3-9-33)17-4-5-20-19(11-17)22(32-31-20)23(34)30-18-6-7-29-21(12-18)24(25,26)27/h4-7,10-13H,2-3,8-9,14H2,1H3,(H,31,32)(H,29,30,34)/b15-10+,16-13+. The summed E-state index contributed by atoms with van der Waals surface area (Å²) in [6.07, 6.45) is 1.35. The van der Waals surface area contributed by atoms with Crippen LogP contribution >= 0.6 is 0 Å². The normalized spacial score (nSPS) is 15.3. The Morgan fingerprint density at radius 1 is 1.29 bits per heavy atom. The van der Waals surface area contributed by atoms with Gasteiger partial charge in [-0.25, -0.2) is 0 Å². The predicted molar refractivity (Wildman–Crippen MR) is 126 cm³/mol. The van der Waals surface area contributed by atoms with Gasteiger partial charge in [-0.15, -0.1) is 0 Å². The summed E-state index contributed by atoms with van der Waals surface area (Å²) in [6.45, 7) is 8.41. The van der Waals surface area contributed by atoms with Crippen molar-refractivity contribution in [1.82, 2.24) is 20.1 Å². The fourth-order valence-electron chi connectivity index (χ4n) is 3.69. The molecule has 1 fully saturated rings. The predicted octanol–water partition coefficient (Wildman–Crippen LogP) is 4.92. The summed E-state index contributed by atoms with van der Waals surface area (Å²) in [7, 11) is 0. The summed E-state index contributed by atoms with van der Waals surface area (Å²) in [6, 6.07) is 7.63. The highest BCUT2D eigenvalue weighted by atomic mass is 19.4. The van der Waals surface area contributed by atoms with Crippen molar-refractivity contribution in [2.45, 2.75) is 19.5 Å². The molecule has 4 rings (SSSR count). The molecule has 2 aromatic heterocycles. The summed E-state index contributed by atoms with van der Waals surface area (Å²) in [4.78, 5) is 22.3. The van der Waals surface area contributed by atoms with Crippen molar-refractivity contribution < 1.29 is 18.0 Å². The Morgan fingerprint density at radius 2 is 2.09 bits per heavy atom. The zero-order chi connectivity index (χ0) is 24.3. The van der Waals surface area contributed by atoms with E-state index in [0.717, 1.165) is 48.6 Å². The molecule has 1 saturated heterocycles. The Labute approximate surface area is 194 Å². The van der Waals surface area contributed by atoms with E-state index in [1.807, 2.05) is 31.2 Å². The molecule has 0 aliphatic carbocycles. The molecule has 0 saturated carbocycles. The summed E-state index contributed by atoms with van der Waals surface area (Å²) >= 11 is 0. The molecule has 34 heavy (non-hydrogen) atoms. The average molecular weight is 468 g/mol. The number of aliphatic imine (C=N–C) groups is 1. The number of rotatable bonds is 7. The number of aromatic amines is 1. The maximum absolute atomic E-state index is 12.9. The number of amides is 1. The van der Waals surface area contributed by atoms with Crippen LogP contribution in [0.15, 0.2) is 59.4 Å². The van der Waals surface area contributed by atoms with Gasteiger partial charge in [0.2, 0.25) is 0 Å². The fourth-order valence-corrected chi connectivity index (χ4v) is 3.69. The molecule has 1 aromatic carbocycles. The number of aromatic nitrogens is 3. The number of nitrogens with one attached hydrogen (secondary N) is 2. The van der Waals surface area contributed by atoms with Gasteiger partial charge in [0, 0.05) is 30.0 Å². The minimum atomic E-state index is -4.61. The number of hydrogen-bond acceptors (Lipinski definition) is 5. The maximum Gasteiger partial charge on any atom is 0.433 e. The van der Waals surface area contributed by atoms with E-state index >= 15 is 0 Å².